The number of amides is 1. The molecule has 0 unspecified atom stereocenters. The van der Waals surface area contributed by atoms with Gasteiger partial charge in [0.25, 0.3) is 0 Å². The lowest BCUT2D eigenvalue weighted by atomic mass is 9.76. The van der Waals surface area contributed by atoms with Gasteiger partial charge in [0.1, 0.15) is 5.54 Å². The number of carbonyl (C=O) groups is 1. The molecule has 0 radical (unpaired) electrons. The van der Waals surface area contributed by atoms with E-state index in [2.05, 4.69) is 6.07 Å². The maximum absolute atomic E-state index is 12.1. The van der Waals surface area contributed by atoms with Gasteiger partial charge in [-0.05, 0) is 38.0 Å². The molecule has 2 rings (SSSR count). The fraction of sp³-hybridized carbons (Fsp3) is 0.846. The predicted molar refractivity (Wildman–Crippen MR) is 61.5 cm³/mol. The van der Waals surface area contributed by atoms with Gasteiger partial charge in [0.15, 0.2) is 0 Å². The molecule has 2 aliphatic carbocycles. The van der Waals surface area contributed by atoms with E-state index in [4.69, 9.17) is 0 Å². The average Bonchev–Trinajstić information content (AvgIpc) is 2.69. The summed E-state index contributed by atoms with van der Waals surface area (Å²) in [5.74, 6) is 0.749. The van der Waals surface area contributed by atoms with E-state index in [-0.39, 0.29) is 5.91 Å². The Bertz CT molecular complexity index is 308. The lowest BCUT2D eigenvalue weighted by molar-refractivity contribution is -0.137. The maximum atomic E-state index is 12.1. The van der Waals surface area contributed by atoms with Gasteiger partial charge in [-0.1, -0.05) is 12.8 Å². The fourth-order valence-corrected chi connectivity index (χ4v) is 2.87. The van der Waals surface area contributed by atoms with Crippen LogP contribution in [0.1, 0.15) is 51.4 Å². The van der Waals surface area contributed by atoms with Crippen LogP contribution < -0.4 is 0 Å². The van der Waals surface area contributed by atoms with Gasteiger partial charge in [0, 0.05) is 13.5 Å². The molecule has 2 saturated carbocycles. The fourth-order valence-electron chi connectivity index (χ4n) is 2.87. The van der Waals surface area contributed by atoms with Gasteiger partial charge < -0.3 is 4.90 Å². The third-order valence-electron chi connectivity index (χ3n) is 4.34. The first-order chi connectivity index (χ1) is 7.68. The molecule has 1 amide bonds. The molecule has 0 aromatic carbocycles. The van der Waals surface area contributed by atoms with E-state index < -0.39 is 5.54 Å². The average molecular weight is 220 g/mol. The molecule has 3 heteroatoms. The number of hydrogen-bond donors (Lipinski definition) is 0. The monoisotopic (exact) mass is 220 g/mol. The van der Waals surface area contributed by atoms with Gasteiger partial charge in [0.2, 0.25) is 5.91 Å². The van der Waals surface area contributed by atoms with E-state index in [1.165, 1.54) is 25.7 Å². The van der Waals surface area contributed by atoms with Gasteiger partial charge in [-0.25, -0.2) is 0 Å². The molecule has 0 aliphatic heterocycles. The van der Waals surface area contributed by atoms with E-state index in [0.29, 0.717) is 12.3 Å². The van der Waals surface area contributed by atoms with Crippen molar-refractivity contribution in [2.24, 2.45) is 5.92 Å². The van der Waals surface area contributed by atoms with Crippen molar-refractivity contribution in [1.29, 1.82) is 5.26 Å². The summed E-state index contributed by atoms with van der Waals surface area (Å²) >= 11 is 0. The normalized spacial score (nSPS) is 23.5. The van der Waals surface area contributed by atoms with Crippen LogP contribution in [0.25, 0.3) is 0 Å². The summed E-state index contributed by atoms with van der Waals surface area (Å²) in [4.78, 5) is 13.8. The van der Waals surface area contributed by atoms with E-state index in [0.717, 1.165) is 19.3 Å². The smallest absolute Gasteiger partial charge is 0.223 e. The molecular weight excluding hydrogens is 200 g/mol. The molecule has 0 atom stereocenters. The summed E-state index contributed by atoms with van der Waals surface area (Å²) < 4.78 is 0. The van der Waals surface area contributed by atoms with E-state index >= 15 is 0 Å². The Morgan fingerprint density at radius 2 is 2.00 bits per heavy atom. The zero-order valence-corrected chi connectivity index (χ0v) is 10.0. The van der Waals surface area contributed by atoms with Crippen LogP contribution in [0.3, 0.4) is 0 Å². The van der Waals surface area contributed by atoms with Crippen LogP contribution in [-0.2, 0) is 4.79 Å². The highest BCUT2D eigenvalue weighted by Gasteiger charge is 2.43. The van der Waals surface area contributed by atoms with Crippen molar-refractivity contribution in [2.45, 2.75) is 56.9 Å². The van der Waals surface area contributed by atoms with Crippen LogP contribution in [-0.4, -0.2) is 23.4 Å². The molecule has 0 aromatic rings. The predicted octanol–water partition coefficient (Wildman–Crippen LogP) is 2.47. The van der Waals surface area contributed by atoms with Crippen molar-refractivity contribution in [2.75, 3.05) is 7.05 Å². The largest absolute Gasteiger partial charge is 0.327 e. The molecule has 0 spiro atoms. The van der Waals surface area contributed by atoms with Gasteiger partial charge in [-0.15, -0.1) is 0 Å². The Morgan fingerprint density at radius 1 is 1.38 bits per heavy atom. The van der Waals surface area contributed by atoms with Gasteiger partial charge in [-0.3, -0.25) is 4.79 Å². The number of carbonyl (C=O) groups excluding carboxylic acids is 1. The Kier molecular flexibility index (Phi) is 3.18. The van der Waals surface area contributed by atoms with Crippen LogP contribution in [0.5, 0.6) is 0 Å². The van der Waals surface area contributed by atoms with Crippen molar-refractivity contribution in [3.05, 3.63) is 0 Å². The summed E-state index contributed by atoms with van der Waals surface area (Å²) in [7, 11) is 1.81. The number of hydrogen-bond acceptors (Lipinski definition) is 2. The molecule has 2 fully saturated rings. The SMILES string of the molecule is CN(C(=O)CC1CCCC1)C1(C#N)CCC1. The first kappa shape index (κ1) is 11.4. The minimum absolute atomic E-state index is 0.174. The first-order valence-electron chi connectivity index (χ1n) is 6.36. The van der Waals surface area contributed by atoms with Crippen molar-refractivity contribution in [1.82, 2.24) is 4.90 Å². The summed E-state index contributed by atoms with van der Waals surface area (Å²) in [5, 5.41) is 9.17. The standard InChI is InChI=1S/C13H20N2O/c1-15(13(10-14)7-4-8-13)12(16)9-11-5-2-3-6-11/h11H,2-9H2,1H3. The molecule has 0 saturated heterocycles. The van der Waals surface area contributed by atoms with Crippen LogP contribution in [0.2, 0.25) is 0 Å². The molecule has 2 aliphatic rings. The molecule has 16 heavy (non-hydrogen) atoms. The number of nitriles is 1. The van der Waals surface area contributed by atoms with E-state index in [9.17, 15) is 10.1 Å². The van der Waals surface area contributed by atoms with Gasteiger partial charge in [0.05, 0.1) is 6.07 Å². The highest BCUT2D eigenvalue weighted by atomic mass is 16.2. The van der Waals surface area contributed by atoms with Crippen molar-refractivity contribution >= 4 is 5.91 Å². The van der Waals surface area contributed by atoms with Gasteiger partial charge in [-0.2, -0.15) is 5.26 Å². The Labute approximate surface area is 97.4 Å². The topological polar surface area (TPSA) is 44.1 Å². The second-order valence-corrected chi connectivity index (χ2v) is 5.30. The molecule has 88 valence electrons. The minimum atomic E-state index is -0.463. The zero-order chi connectivity index (χ0) is 11.6. The Hall–Kier alpha value is -1.04. The molecule has 0 bridgehead atoms. The molecule has 0 heterocycles. The van der Waals surface area contributed by atoms with Crippen molar-refractivity contribution in [3.8, 4) is 6.07 Å². The van der Waals surface area contributed by atoms with Crippen LogP contribution in [0.15, 0.2) is 0 Å². The first-order valence-corrected chi connectivity index (χ1v) is 6.36. The third kappa shape index (κ3) is 1.93. The summed E-state index contributed by atoms with van der Waals surface area (Å²) in [6.07, 6.45) is 8.37. The summed E-state index contributed by atoms with van der Waals surface area (Å²) in [6, 6.07) is 2.33. The highest BCUT2D eigenvalue weighted by molar-refractivity contribution is 5.77. The molecule has 3 nitrogen and oxygen atoms in total. The maximum Gasteiger partial charge on any atom is 0.223 e. The van der Waals surface area contributed by atoms with Crippen LogP contribution in [0, 0.1) is 17.2 Å². The summed E-state index contributed by atoms with van der Waals surface area (Å²) in [5.41, 5.74) is -0.463. The lowest BCUT2D eigenvalue weighted by Crippen LogP contribution is -2.53. The van der Waals surface area contributed by atoms with Crippen LogP contribution in [0.4, 0.5) is 0 Å². The second-order valence-electron chi connectivity index (χ2n) is 5.30. The second kappa shape index (κ2) is 4.45. The summed E-state index contributed by atoms with van der Waals surface area (Å²) in [6.45, 7) is 0. The van der Waals surface area contributed by atoms with E-state index in [1.54, 1.807) is 11.9 Å². The molecular formula is C13H20N2O. The number of rotatable bonds is 3. The Morgan fingerprint density at radius 3 is 2.44 bits per heavy atom. The number of nitrogens with zero attached hydrogens (tertiary/aromatic N) is 2. The van der Waals surface area contributed by atoms with Crippen LogP contribution >= 0.6 is 0 Å². The highest BCUT2D eigenvalue weighted by Crippen LogP contribution is 2.37. The van der Waals surface area contributed by atoms with E-state index in [1.807, 2.05) is 0 Å². The van der Waals surface area contributed by atoms with Gasteiger partial charge >= 0.3 is 0 Å². The molecule has 0 aromatic heterocycles. The quantitative estimate of drug-likeness (QED) is 0.733. The molecule has 0 N–H and O–H groups in total. The Balaban J connectivity index is 1.91. The van der Waals surface area contributed by atoms with Crippen molar-refractivity contribution < 1.29 is 4.79 Å². The minimum Gasteiger partial charge on any atom is -0.327 e. The lowest BCUT2D eigenvalue weighted by Gasteiger charge is -2.43. The zero-order valence-electron chi connectivity index (χ0n) is 10.0. The van der Waals surface area contributed by atoms with Crippen molar-refractivity contribution in [3.63, 3.8) is 0 Å². The third-order valence-corrected chi connectivity index (χ3v) is 4.34.